The first-order chi connectivity index (χ1) is 7.33. The smallest absolute Gasteiger partial charge is 0.229 e. The van der Waals surface area contributed by atoms with E-state index >= 15 is 0 Å². The number of ether oxygens (including phenoxy) is 1. The molecule has 88 valence electrons. The number of sulfonamides is 1. The standard InChI is InChI=1S/C9H12N2O3S2/c1-14-8-5-6(9(10)15)3-4-7(8)11-16(2,12)13/h3-5,11H,1-2H3,(H2,10,15). The second kappa shape index (κ2) is 4.67. The summed E-state index contributed by atoms with van der Waals surface area (Å²) in [7, 11) is -1.90. The van der Waals surface area contributed by atoms with E-state index in [0.29, 0.717) is 17.0 Å². The predicted octanol–water partition coefficient (Wildman–Crippen LogP) is 0.701. The minimum atomic E-state index is -3.34. The highest BCUT2D eigenvalue weighted by Crippen LogP contribution is 2.26. The van der Waals surface area contributed by atoms with Gasteiger partial charge >= 0.3 is 0 Å². The van der Waals surface area contributed by atoms with E-state index in [0.717, 1.165) is 6.26 Å². The molecule has 0 bridgehead atoms. The number of thiocarbonyl (C=S) groups is 1. The molecule has 0 atom stereocenters. The molecule has 0 saturated heterocycles. The third-order valence-corrected chi connectivity index (χ3v) is 2.61. The Morgan fingerprint density at radius 2 is 2.12 bits per heavy atom. The lowest BCUT2D eigenvalue weighted by molar-refractivity contribution is 0.417. The van der Waals surface area contributed by atoms with Gasteiger partial charge in [0.2, 0.25) is 10.0 Å². The molecule has 5 nitrogen and oxygen atoms in total. The maximum Gasteiger partial charge on any atom is 0.229 e. The number of benzene rings is 1. The molecule has 0 fully saturated rings. The number of anilines is 1. The summed E-state index contributed by atoms with van der Waals surface area (Å²) in [6.45, 7) is 0. The zero-order chi connectivity index (χ0) is 12.3. The van der Waals surface area contributed by atoms with Gasteiger partial charge in [0.05, 0.1) is 19.1 Å². The Kier molecular flexibility index (Phi) is 3.71. The van der Waals surface area contributed by atoms with Crippen molar-refractivity contribution in [3.05, 3.63) is 23.8 Å². The van der Waals surface area contributed by atoms with Crippen LogP contribution in [0.25, 0.3) is 0 Å². The van der Waals surface area contributed by atoms with E-state index in [1.165, 1.54) is 7.11 Å². The zero-order valence-electron chi connectivity index (χ0n) is 8.85. The molecule has 7 heteroatoms. The lowest BCUT2D eigenvalue weighted by Gasteiger charge is -2.10. The van der Waals surface area contributed by atoms with Gasteiger partial charge in [-0.05, 0) is 18.2 Å². The van der Waals surface area contributed by atoms with Gasteiger partial charge in [-0.2, -0.15) is 0 Å². The van der Waals surface area contributed by atoms with Crippen LogP contribution in [-0.2, 0) is 10.0 Å². The molecule has 0 saturated carbocycles. The molecule has 1 aromatic rings. The molecule has 0 unspecified atom stereocenters. The SMILES string of the molecule is COc1cc(C(N)=S)ccc1NS(C)(=O)=O. The van der Waals surface area contributed by atoms with Crippen molar-refractivity contribution in [1.29, 1.82) is 0 Å². The fraction of sp³-hybridized carbons (Fsp3) is 0.222. The number of nitrogens with one attached hydrogen (secondary N) is 1. The van der Waals surface area contributed by atoms with Crippen molar-refractivity contribution in [1.82, 2.24) is 0 Å². The van der Waals surface area contributed by atoms with E-state index < -0.39 is 10.0 Å². The minimum absolute atomic E-state index is 0.226. The van der Waals surface area contributed by atoms with Gasteiger partial charge < -0.3 is 10.5 Å². The van der Waals surface area contributed by atoms with Crippen LogP contribution < -0.4 is 15.2 Å². The summed E-state index contributed by atoms with van der Waals surface area (Å²) in [5.74, 6) is 0.371. The molecule has 0 spiro atoms. The van der Waals surface area contributed by atoms with Crippen LogP contribution in [0, 0.1) is 0 Å². The van der Waals surface area contributed by atoms with Gasteiger partial charge in [0.15, 0.2) is 0 Å². The van der Waals surface area contributed by atoms with Crippen molar-refractivity contribution in [3.63, 3.8) is 0 Å². The molecule has 0 aliphatic rings. The van der Waals surface area contributed by atoms with Crippen molar-refractivity contribution in [2.75, 3.05) is 18.1 Å². The number of nitrogens with two attached hydrogens (primary N) is 1. The first-order valence-corrected chi connectivity index (χ1v) is 6.59. The van der Waals surface area contributed by atoms with Gasteiger partial charge in [-0.15, -0.1) is 0 Å². The first kappa shape index (κ1) is 12.7. The summed E-state index contributed by atoms with van der Waals surface area (Å²) >= 11 is 4.81. The average Bonchev–Trinajstić information content (AvgIpc) is 2.15. The van der Waals surface area contributed by atoms with Crippen LogP contribution in [0.15, 0.2) is 18.2 Å². The molecule has 0 aromatic heterocycles. The Labute approximate surface area is 99.6 Å². The van der Waals surface area contributed by atoms with E-state index in [4.69, 9.17) is 22.7 Å². The topological polar surface area (TPSA) is 81.4 Å². The third kappa shape index (κ3) is 3.35. The monoisotopic (exact) mass is 260 g/mol. The molecule has 3 N–H and O–H groups in total. The highest BCUT2D eigenvalue weighted by atomic mass is 32.2. The van der Waals surface area contributed by atoms with Crippen LogP contribution in [0.2, 0.25) is 0 Å². The van der Waals surface area contributed by atoms with Gasteiger partial charge in [-0.1, -0.05) is 12.2 Å². The van der Waals surface area contributed by atoms with E-state index in [-0.39, 0.29) is 4.99 Å². The van der Waals surface area contributed by atoms with Crippen molar-refractivity contribution in [2.24, 2.45) is 5.73 Å². The molecule has 0 aliphatic carbocycles. The number of methoxy groups -OCH3 is 1. The first-order valence-electron chi connectivity index (χ1n) is 4.29. The second-order valence-electron chi connectivity index (χ2n) is 3.15. The highest BCUT2D eigenvalue weighted by molar-refractivity contribution is 7.92. The number of rotatable bonds is 4. The molecule has 0 aliphatic heterocycles. The van der Waals surface area contributed by atoms with Gasteiger partial charge in [-0.25, -0.2) is 8.42 Å². The number of hydrogen-bond donors (Lipinski definition) is 2. The van der Waals surface area contributed by atoms with E-state index in [1.807, 2.05) is 0 Å². The van der Waals surface area contributed by atoms with Gasteiger partial charge in [0.1, 0.15) is 10.7 Å². The largest absolute Gasteiger partial charge is 0.495 e. The molecule has 16 heavy (non-hydrogen) atoms. The van der Waals surface area contributed by atoms with Crippen LogP contribution in [0.4, 0.5) is 5.69 Å². The van der Waals surface area contributed by atoms with E-state index in [1.54, 1.807) is 18.2 Å². The fourth-order valence-electron chi connectivity index (χ4n) is 1.13. The minimum Gasteiger partial charge on any atom is -0.495 e. The Hall–Kier alpha value is -1.34. The van der Waals surface area contributed by atoms with Crippen molar-refractivity contribution < 1.29 is 13.2 Å². The summed E-state index contributed by atoms with van der Waals surface area (Å²) in [4.78, 5) is 0.226. The second-order valence-corrected chi connectivity index (χ2v) is 5.34. The normalized spacial score (nSPS) is 10.9. The molecular formula is C9H12N2O3S2. The Morgan fingerprint density at radius 3 is 2.56 bits per heavy atom. The van der Waals surface area contributed by atoms with Gasteiger partial charge in [-0.3, -0.25) is 4.72 Å². The van der Waals surface area contributed by atoms with Gasteiger partial charge in [0, 0.05) is 5.56 Å². The van der Waals surface area contributed by atoms with E-state index in [2.05, 4.69) is 4.72 Å². The van der Waals surface area contributed by atoms with Crippen molar-refractivity contribution in [2.45, 2.75) is 0 Å². The van der Waals surface area contributed by atoms with Crippen LogP contribution in [-0.4, -0.2) is 26.8 Å². The molecule has 0 heterocycles. The quantitative estimate of drug-likeness (QED) is 0.779. The molecule has 1 rings (SSSR count). The van der Waals surface area contributed by atoms with Crippen molar-refractivity contribution >= 4 is 32.9 Å². The highest BCUT2D eigenvalue weighted by Gasteiger charge is 2.09. The summed E-state index contributed by atoms with van der Waals surface area (Å²) < 4.78 is 29.5. The Balaban J connectivity index is 3.17. The van der Waals surface area contributed by atoms with Crippen LogP contribution in [0.1, 0.15) is 5.56 Å². The summed E-state index contributed by atoms with van der Waals surface area (Å²) in [6, 6.07) is 4.75. The summed E-state index contributed by atoms with van der Waals surface area (Å²) in [6.07, 6.45) is 1.06. The Bertz CT molecular complexity index is 511. The van der Waals surface area contributed by atoms with Crippen molar-refractivity contribution in [3.8, 4) is 5.75 Å². The average molecular weight is 260 g/mol. The summed E-state index contributed by atoms with van der Waals surface area (Å²) in [5.41, 5.74) is 6.42. The molecule has 0 amide bonds. The molecular weight excluding hydrogens is 248 g/mol. The van der Waals surface area contributed by atoms with Crippen LogP contribution >= 0.6 is 12.2 Å². The van der Waals surface area contributed by atoms with Crippen LogP contribution in [0.5, 0.6) is 5.75 Å². The summed E-state index contributed by atoms with van der Waals surface area (Å²) in [5, 5.41) is 0. The number of hydrogen-bond acceptors (Lipinski definition) is 4. The molecule has 0 radical (unpaired) electrons. The molecule has 1 aromatic carbocycles. The third-order valence-electron chi connectivity index (χ3n) is 1.78. The maximum absolute atomic E-state index is 11.1. The lowest BCUT2D eigenvalue weighted by atomic mass is 10.2. The van der Waals surface area contributed by atoms with E-state index in [9.17, 15) is 8.42 Å². The predicted molar refractivity (Wildman–Crippen MR) is 67.3 cm³/mol. The maximum atomic E-state index is 11.1. The fourth-order valence-corrected chi connectivity index (χ4v) is 1.82. The Morgan fingerprint density at radius 1 is 1.50 bits per heavy atom. The van der Waals surface area contributed by atoms with Crippen LogP contribution in [0.3, 0.4) is 0 Å². The van der Waals surface area contributed by atoms with Gasteiger partial charge in [0.25, 0.3) is 0 Å². The zero-order valence-corrected chi connectivity index (χ0v) is 10.5. The lowest BCUT2D eigenvalue weighted by Crippen LogP contribution is -2.12.